The van der Waals surface area contributed by atoms with E-state index in [9.17, 15) is 9.90 Å². The molecule has 1 aromatic heterocycles. The van der Waals surface area contributed by atoms with Crippen molar-refractivity contribution in [2.45, 2.75) is 20.8 Å². The van der Waals surface area contributed by atoms with Crippen LogP contribution in [0.1, 0.15) is 22.3 Å². The first-order chi connectivity index (χ1) is 14.9. The number of fused-ring (bicyclic) bond motifs is 1. The van der Waals surface area contributed by atoms with E-state index in [2.05, 4.69) is 4.99 Å². The van der Waals surface area contributed by atoms with Crippen LogP contribution in [0.25, 0.3) is 16.5 Å². The minimum atomic E-state index is -0.314. The summed E-state index contributed by atoms with van der Waals surface area (Å²) < 4.78 is 6.67. The molecule has 4 aromatic rings. The Morgan fingerprint density at radius 2 is 1.61 bits per heavy atom. The van der Waals surface area contributed by atoms with E-state index in [1.807, 2.05) is 63.2 Å². The number of hydrogen-bond donors (Lipinski definition) is 1. The number of ether oxygens (including phenoxy) is 1. The Morgan fingerprint density at radius 1 is 0.903 bits per heavy atom. The first-order valence-corrected chi connectivity index (χ1v) is 10.0. The average Bonchev–Trinajstić information content (AvgIpc) is 2.76. The molecular formula is C26H24N2O3. The molecule has 156 valence electrons. The Labute approximate surface area is 180 Å². The van der Waals surface area contributed by atoms with Crippen LogP contribution in [0.15, 0.2) is 70.5 Å². The molecule has 1 N–H and O–H groups in total. The maximum Gasteiger partial charge on any atom is 0.265 e. The lowest BCUT2D eigenvalue weighted by Gasteiger charge is -2.16. The van der Waals surface area contributed by atoms with E-state index in [0.29, 0.717) is 27.8 Å². The van der Waals surface area contributed by atoms with Crippen molar-refractivity contribution in [3.63, 3.8) is 0 Å². The predicted octanol–water partition coefficient (Wildman–Crippen LogP) is 5.38. The average molecular weight is 412 g/mol. The van der Waals surface area contributed by atoms with Crippen molar-refractivity contribution >= 4 is 22.7 Å². The van der Waals surface area contributed by atoms with Gasteiger partial charge in [0.25, 0.3) is 5.56 Å². The fourth-order valence-corrected chi connectivity index (χ4v) is 3.70. The van der Waals surface area contributed by atoms with Crippen LogP contribution < -0.4 is 10.3 Å². The Bertz CT molecular complexity index is 1370. The van der Waals surface area contributed by atoms with Crippen molar-refractivity contribution in [3.05, 3.63) is 93.3 Å². The van der Waals surface area contributed by atoms with Crippen molar-refractivity contribution in [2.75, 3.05) is 7.11 Å². The minimum Gasteiger partial charge on any atom is -0.497 e. The van der Waals surface area contributed by atoms with Crippen molar-refractivity contribution in [1.29, 1.82) is 0 Å². The topological polar surface area (TPSA) is 63.8 Å². The summed E-state index contributed by atoms with van der Waals surface area (Å²) in [6.07, 6.45) is 1.61. The molecule has 0 spiro atoms. The quantitative estimate of drug-likeness (QED) is 0.458. The lowest BCUT2D eigenvalue weighted by atomic mass is 10.1. The third-order valence-electron chi connectivity index (χ3n) is 5.37. The summed E-state index contributed by atoms with van der Waals surface area (Å²) in [4.78, 5) is 18.0. The first-order valence-electron chi connectivity index (χ1n) is 10.0. The number of benzene rings is 3. The van der Waals surface area contributed by atoms with Crippen molar-refractivity contribution < 1.29 is 9.84 Å². The zero-order chi connectivity index (χ0) is 22.1. The highest BCUT2D eigenvalue weighted by molar-refractivity contribution is 6.02. The zero-order valence-electron chi connectivity index (χ0n) is 18.0. The molecule has 0 fully saturated rings. The number of aromatic hydroxyl groups is 1. The lowest BCUT2D eigenvalue weighted by molar-refractivity contribution is 0.415. The second-order valence-electron chi connectivity index (χ2n) is 7.67. The van der Waals surface area contributed by atoms with Gasteiger partial charge in [-0.05, 0) is 62.7 Å². The van der Waals surface area contributed by atoms with Gasteiger partial charge in [0, 0.05) is 11.6 Å². The summed E-state index contributed by atoms with van der Waals surface area (Å²) in [6, 6.07) is 18.8. The molecule has 3 aromatic carbocycles. The fourth-order valence-electron chi connectivity index (χ4n) is 3.70. The number of nitrogens with zero attached hydrogens (tertiary/aromatic N) is 2. The summed E-state index contributed by atoms with van der Waals surface area (Å²) in [6.45, 7) is 5.92. The van der Waals surface area contributed by atoms with Crippen LogP contribution in [0.3, 0.4) is 0 Å². The van der Waals surface area contributed by atoms with E-state index in [-0.39, 0.29) is 11.4 Å². The molecule has 0 saturated heterocycles. The Kier molecular flexibility index (Phi) is 5.34. The van der Waals surface area contributed by atoms with E-state index in [4.69, 9.17) is 4.74 Å². The van der Waals surface area contributed by atoms with Gasteiger partial charge in [-0.15, -0.1) is 0 Å². The van der Waals surface area contributed by atoms with Gasteiger partial charge in [-0.25, -0.2) is 4.57 Å². The summed E-state index contributed by atoms with van der Waals surface area (Å²) in [5.74, 6) is 0.425. The maximum atomic E-state index is 13.4. The summed E-state index contributed by atoms with van der Waals surface area (Å²) in [5.41, 5.74) is 4.66. The van der Waals surface area contributed by atoms with Gasteiger partial charge in [0.2, 0.25) is 5.88 Å². The molecule has 0 bridgehead atoms. The summed E-state index contributed by atoms with van der Waals surface area (Å²) >= 11 is 0. The van der Waals surface area contributed by atoms with E-state index >= 15 is 0 Å². The van der Waals surface area contributed by atoms with E-state index in [1.165, 1.54) is 4.57 Å². The van der Waals surface area contributed by atoms with Crippen LogP contribution in [0.4, 0.5) is 5.69 Å². The standard InChI is InChI=1S/C26H24N2O3/c1-16-5-8-19(9-6-16)27-15-23-21-11-10-20(31-4)14-22(21)25(29)28(26(23)30)24-12-7-17(2)13-18(24)3/h5-15,30H,1-4H3. The lowest BCUT2D eigenvalue weighted by Crippen LogP contribution is -2.21. The first kappa shape index (κ1) is 20.4. The Morgan fingerprint density at radius 3 is 2.29 bits per heavy atom. The van der Waals surface area contributed by atoms with Crippen LogP contribution in [0.5, 0.6) is 11.6 Å². The molecule has 0 radical (unpaired) electrons. The van der Waals surface area contributed by atoms with Crippen LogP contribution in [-0.4, -0.2) is 23.0 Å². The number of pyridine rings is 1. The molecule has 0 aliphatic carbocycles. The van der Waals surface area contributed by atoms with Gasteiger partial charge in [-0.1, -0.05) is 35.4 Å². The second kappa shape index (κ2) is 8.11. The van der Waals surface area contributed by atoms with Gasteiger partial charge in [0.15, 0.2) is 0 Å². The third-order valence-corrected chi connectivity index (χ3v) is 5.37. The molecule has 0 amide bonds. The minimum absolute atomic E-state index is 0.148. The number of rotatable bonds is 4. The van der Waals surface area contributed by atoms with Crippen LogP contribution >= 0.6 is 0 Å². The monoisotopic (exact) mass is 412 g/mol. The predicted molar refractivity (Wildman–Crippen MR) is 126 cm³/mol. The maximum absolute atomic E-state index is 13.4. The number of aliphatic imine (C=N–C) groups is 1. The van der Waals surface area contributed by atoms with Gasteiger partial charge in [0.05, 0.1) is 29.4 Å². The molecule has 0 unspecified atom stereocenters. The van der Waals surface area contributed by atoms with E-state index in [0.717, 1.165) is 22.4 Å². The number of aryl methyl sites for hydroxylation is 3. The summed E-state index contributed by atoms with van der Waals surface area (Å²) in [7, 11) is 1.56. The fraction of sp³-hybridized carbons (Fsp3) is 0.154. The van der Waals surface area contributed by atoms with Gasteiger partial charge in [-0.3, -0.25) is 9.79 Å². The van der Waals surface area contributed by atoms with Crippen LogP contribution in [0, 0.1) is 20.8 Å². The van der Waals surface area contributed by atoms with Crippen molar-refractivity contribution in [2.24, 2.45) is 4.99 Å². The molecule has 0 aliphatic heterocycles. The highest BCUT2D eigenvalue weighted by Gasteiger charge is 2.18. The number of methoxy groups -OCH3 is 1. The molecule has 0 saturated carbocycles. The highest BCUT2D eigenvalue weighted by Crippen LogP contribution is 2.30. The third kappa shape index (κ3) is 3.82. The summed E-state index contributed by atoms with van der Waals surface area (Å²) in [5, 5.41) is 12.3. The van der Waals surface area contributed by atoms with E-state index in [1.54, 1.807) is 31.5 Å². The van der Waals surface area contributed by atoms with Crippen molar-refractivity contribution in [3.8, 4) is 17.3 Å². The van der Waals surface area contributed by atoms with Gasteiger partial charge in [-0.2, -0.15) is 0 Å². The Hall–Kier alpha value is -3.86. The van der Waals surface area contributed by atoms with Gasteiger partial charge in [0.1, 0.15) is 5.75 Å². The van der Waals surface area contributed by atoms with E-state index < -0.39 is 0 Å². The molecule has 4 rings (SSSR count). The normalized spacial score (nSPS) is 11.4. The molecule has 5 heteroatoms. The smallest absolute Gasteiger partial charge is 0.265 e. The van der Waals surface area contributed by atoms with Crippen LogP contribution in [-0.2, 0) is 0 Å². The van der Waals surface area contributed by atoms with Crippen LogP contribution in [0.2, 0.25) is 0 Å². The molecule has 5 nitrogen and oxygen atoms in total. The zero-order valence-corrected chi connectivity index (χ0v) is 18.0. The molecule has 0 aliphatic rings. The highest BCUT2D eigenvalue weighted by atomic mass is 16.5. The second-order valence-corrected chi connectivity index (χ2v) is 7.67. The van der Waals surface area contributed by atoms with Gasteiger partial charge >= 0.3 is 0 Å². The molecule has 0 atom stereocenters. The molecule has 31 heavy (non-hydrogen) atoms. The largest absolute Gasteiger partial charge is 0.497 e. The number of hydrogen-bond acceptors (Lipinski definition) is 4. The van der Waals surface area contributed by atoms with Gasteiger partial charge < -0.3 is 9.84 Å². The SMILES string of the molecule is COc1ccc2c(C=Nc3ccc(C)cc3)c(O)n(-c3ccc(C)cc3C)c(=O)c2c1. The Balaban J connectivity index is 2.02. The van der Waals surface area contributed by atoms with Crippen molar-refractivity contribution in [1.82, 2.24) is 4.57 Å². The number of aromatic nitrogens is 1. The molecule has 1 heterocycles. The molecular weight excluding hydrogens is 388 g/mol.